The van der Waals surface area contributed by atoms with Gasteiger partial charge >= 0.3 is 0 Å². The SMILES string of the molecule is C/C=C/CCc1ccc(C#Cc2ccc(C3CCC4CC(CC/C=C/C)CCC4C3)c(F)c2)cc1. The third-order valence-corrected chi connectivity index (χ3v) is 8.28. The van der Waals surface area contributed by atoms with Crippen molar-refractivity contribution in [3.63, 3.8) is 0 Å². The maximum absolute atomic E-state index is 15.1. The smallest absolute Gasteiger partial charge is 0.127 e. The molecule has 2 saturated carbocycles. The van der Waals surface area contributed by atoms with Crippen LogP contribution in [0, 0.1) is 35.4 Å². The van der Waals surface area contributed by atoms with E-state index in [2.05, 4.69) is 74.3 Å². The fraction of sp³-hybridized carbons (Fsp3) is 0.471. The second-order valence-electron chi connectivity index (χ2n) is 10.6. The van der Waals surface area contributed by atoms with Crippen molar-refractivity contribution in [1.29, 1.82) is 0 Å². The van der Waals surface area contributed by atoms with Gasteiger partial charge in [0.25, 0.3) is 0 Å². The molecule has 2 aliphatic rings. The molecule has 0 aromatic heterocycles. The molecule has 35 heavy (non-hydrogen) atoms. The van der Waals surface area contributed by atoms with Crippen LogP contribution in [-0.2, 0) is 6.42 Å². The first kappa shape index (κ1) is 25.5. The Hall–Kier alpha value is -2.59. The van der Waals surface area contributed by atoms with Gasteiger partial charge in [-0.25, -0.2) is 4.39 Å². The zero-order valence-corrected chi connectivity index (χ0v) is 21.6. The zero-order valence-electron chi connectivity index (χ0n) is 21.6. The second kappa shape index (κ2) is 12.9. The van der Waals surface area contributed by atoms with E-state index in [0.29, 0.717) is 5.92 Å². The van der Waals surface area contributed by atoms with Crippen molar-refractivity contribution in [2.45, 2.75) is 84.0 Å². The van der Waals surface area contributed by atoms with Crippen LogP contribution in [0.3, 0.4) is 0 Å². The number of benzene rings is 2. The summed E-state index contributed by atoms with van der Waals surface area (Å²) in [4.78, 5) is 0. The lowest BCUT2D eigenvalue weighted by molar-refractivity contribution is 0.114. The van der Waals surface area contributed by atoms with Gasteiger partial charge in [-0.3, -0.25) is 0 Å². The maximum atomic E-state index is 15.1. The molecule has 0 aliphatic heterocycles. The van der Waals surface area contributed by atoms with Crippen LogP contribution in [0.25, 0.3) is 0 Å². The average molecular weight is 469 g/mol. The third-order valence-electron chi connectivity index (χ3n) is 8.28. The zero-order chi connectivity index (χ0) is 24.5. The van der Waals surface area contributed by atoms with Gasteiger partial charge < -0.3 is 0 Å². The van der Waals surface area contributed by atoms with Gasteiger partial charge in [-0.2, -0.15) is 0 Å². The van der Waals surface area contributed by atoms with Crippen molar-refractivity contribution in [2.24, 2.45) is 17.8 Å². The predicted octanol–water partition coefficient (Wildman–Crippen LogP) is 9.39. The lowest BCUT2D eigenvalue weighted by Gasteiger charge is -2.42. The summed E-state index contributed by atoms with van der Waals surface area (Å²) in [5.41, 5.74) is 3.97. The Kier molecular flexibility index (Phi) is 9.42. The fourth-order valence-corrected chi connectivity index (χ4v) is 6.28. The number of aryl methyl sites for hydroxylation is 1. The first-order valence-corrected chi connectivity index (χ1v) is 13.8. The molecule has 2 aromatic rings. The minimum Gasteiger partial charge on any atom is -0.207 e. The van der Waals surface area contributed by atoms with E-state index in [-0.39, 0.29) is 5.82 Å². The summed E-state index contributed by atoms with van der Waals surface area (Å²) in [6.45, 7) is 4.17. The molecule has 1 heteroatoms. The number of hydrogen-bond acceptors (Lipinski definition) is 0. The van der Waals surface area contributed by atoms with Crippen LogP contribution in [0.5, 0.6) is 0 Å². The molecule has 4 atom stereocenters. The van der Waals surface area contributed by atoms with Gasteiger partial charge in [-0.1, -0.05) is 60.8 Å². The van der Waals surface area contributed by atoms with Crippen molar-refractivity contribution >= 4 is 0 Å². The molecular formula is C34H41F. The Balaban J connectivity index is 1.33. The number of fused-ring (bicyclic) bond motifs is 1. The van der Waals surface area contributed by atoms with E-state index in [1.54, 1.807) is 6.07 Å². The molecule has 0 N–H and O–H groups in total. The Labute approximate surface area is 212 Å². The van der Waals surface area contributed by atoms with Crippen LogP contribution in [0.4, 0.5) is 4.39 Å². The van der Waals surface area contributed by atoms with Gasteiger partial charge in [-0.15, -0.1) is 0 Å². The van der Waals surface area contributed by atoms with Crippen molar-refractivity contribution < 1.29 is 4.39 Å². The van der Waals surface area contributed by atoms with E-state index < -0.39 is 0 Å². The maximum Gasteiger partial charge on any atom is 0.127 e. The van der Waals surface area contributed by atoms with Crippen molar-refractivity contribution in [1.82, 2.24) is 0 Å². The highest BCUT2D eigenvalue weighted by Crippen LogP contribution is 2.48. The van der Waals surface area contributed by atoms with E-state index in [0.717, 1.165) is 60.1 Å². The molecule has 4 unspecified atom stereocenters. The van der Waals surface area contributed by atoms with Crippen molar-refractivity contribution in [2.75, 3.05) is 0 Å². The molecule has 0 radical (unpaired) electrons. The summed E-state index contributed by atoms with van der Waals surface area (Å²) < 4.78 is 15.1. The summed E-state index contributed by atoms with van der Waals surface area (Å²) in [5.74, 6) is 9.21. The standard InChI is InChI=1S/C34H41F/c1-3-5-7-9-26-11-13-27(14-12-26)15-16-29-18-22-33(34(35)24-29)32-21-20-30-23-28(10-8-6-4-2)17-19-31(30)25-32/h3-6,11-14,18,22,24,28,30-32H,7-10,17,19-21,23,25H2,1-2H3/b5-3+,6-4+. The van der Waals surface area contributed by atoms with Gasteiger partial charge in [0.2, 0.25) is 0 Å². The number of allylic oxidation sites excluding steroid dienone is 4. The number of hydrogen-bond donors (Lipinski definition) is 0. The first-order valence-electron chi connectivity index (χ1n) is 13.8. The van der Waals surface area contributed by atoms with E-state index in [4.69, 9.17) is 0 Å². The normalized spacial score (nSPS) is 24.3. The van der Waals surface area contributed by atoms with Crippen LogP contribution in [0.2, 0.25) is 0 Å². The molecule has 0 bridgehead atoms. The van der Waals surface area contributed by atoms with Gasteiger partial charge in [0, 0.05) is 11.1 Å². The highest BCUT2D eigenvalue weighted by molar-refractivity contribution is 5.45. The highest BCUT2D eigenvalue weighted by atomic mass is 19.1. The molecular weight excluding hydrogens is 427 g/mol. The predicted molar refractivity (Wildman–Crippen MR) is 147 cm³/mol. The monoisotopic (exact) mass is 468 g/mol. The molecule has 0 heterocycles. The number of rotatable bonds is 7. The summed E-state index contributed by atoms with van der Waals surface area (Å²) in [5, 5.41) is 0. The molecule has 0 nitrogen and oxygen atoms in total. The lowest BCUT2D eigenvalue weighted by atomic mass is 9.63. The highest BCUT2D eigenvalue weighted by Gasteiger charge is 2.36. The molecule has 0 spiro atoms. The van der Waals surface area contributed by atoms with Gasteiger partial charge in [0.1, 0.15) is 5.82 Å². The molecule has 184 valence electrons. The summed E-state index contributed by atoms with van der Waals surface area (Å²) in [7, 11) is 0. The van der Waals surface area contributed by atoms with Gasteiger partial charge in [-0.05, 0) is 131 Å². The van der Waals surface area contributed by atoms with E-state index in [9.17, 15) is 0 Å². The minimum atomic E-state index is -0.0698. The Morgan fingerprint density at radius 1 is 0.800 bits per heavy atom. The molecule has 2 aromatic carbocycles. The van der Waals surface area contributed by atoms with Gasteiger partial charge in [0.05, 0.1) is 0 Å². The summed E-state index contributed by atoms with van der Waals surface area (Å²) in [6, 6.07) is 14.1. The van der Waals surface area contributed by atoms with E-state index in [1.165, 1.54) is 44.1 Å². The second-order valence-corrected chi connectivity index (χ2v) is 10.6. The third kappa shape index (κ3) is 7.20. The summed E-state index contributed by atoms with van der Waals surface area (Å²) >= 11 is 0. The van der Waals surface area contributed by atoms with E-state index >= 15 is 4.39 Å². The van der Waals surface area contributed by atoms with Crippen LogP contribution >= 0.6 is 0 Å². The fourth-order valence-electron chi connectivity index (χ4n) is 6.28. The van der Waals surface area contributed by atoms with Crippen molar-refractivity contribution in [3.8, 4) is 11.8 Å². The Morgan fingerprint density at radius 3 is 2.26 bits per heavy atom. The lowest BCUT2D eigenvalue weighted by Crippen LogP contribution is -2.30. The Morgan fingerprint density at radius 2 is 1.49 bits per heavy atom. The van der Waals surface area contributed by atoms with Crippen LogP contribution in [0.15, 0.2) is 66.8 Å². The topological polar surface area (TPSA) is 0 Å². The quantitative estimate of drug-likeness (QED) is 0.280. The van der Waals surface area contributed by atoms with Crippen LogP contribution in [0.1, 0.15) is 99.8 Å². The molecule has 4 rings (SSSR count). The molecule has 0 amide bonds. The molecule has 2 aliphatic carbocycles. The molecule has 0 saturated heterocycles. The summed E-state index contributed by atoms with van der Waals surface area (Å²) in [6.07, 6.45) is 21.1. The number of halogens is 1. The Bertz CT molecular complexity index is 1060. The van der Waals surface area contributed by atoms with Gasteiger partial charge in [0.15, 0.2) is 0 Å². The van der Waals surface area contributed by atoms with Crippen LogP contribution < -0.4 is 0 Å². The van der Waals surface area contributed by atoms with E-state index in [1.807, 2.05) is 12.1 Å². The molecule has 2 fully saturated rings. The minimum absolute atomic E-state index is 0.0698. The van der Waals surface area contributed by atoms with Crippen LogP contribution in [-0.4, -0.2) is 0 Å². The first-order chi connectivity index (χ1) is 17.2. The largest absolute Gasteiger partial charge is 0.207 e. The van der Waals surface area contributed by atoms with Crippen molar-refractivity contribution in [3.05, 3.63) is 94.8 Å². The average Bonchev–Trinajstić information content (AvgIpc) is 2.88.